The summed E-state index contributed by atoms with van der Waals surface area (Å²) >= 11 is 3.24. The first-order chi connectivity index (χ1) is 9.50. The summed E-state index contributed by atoms with van der Waals surface area (Å²) < 4.78 is 33.2. The van der Waals surface area contributed by atoms with E-state index in [0.29, 0.717) is 17.6 Å². The number of morpholine rings is 1. The van der Waals surface area contributed by atoms with E-state index >= 15 is 0 Å². The third kappa shape index (κ3) is 2.44. The molecular formula is C11H15BrN4O3S. The minimum absolute atomic E-state index is 0.00192. The van der Waals surface area contributed by atoms with Gasteiger partial charge in [0.05, 0.1) is 12.2 Å². The predicted molar refractivity (Wildman–Crippen MR) is 76.4 cm³/mol. The summed E-state index contributed by atoms with van der Waals surface area (Å²) in [4.78, 5) is 4.07. The molecule has 0 radical (unpaired) electrons. The summed E-state index contributed by atoms with van der Waals surface area (Å²) in [5.41, 5.74) is 2.34. The lowest BCUT2D eigenvalue weighted by Crippen LogP contribution is -2.45. The summed E-state index contributed by atoms with van der Waals surface area (Å²) in [6.07, 6.45) is 3.32. The first kappa shape index (κ1) is 14.2. The Morgan fingerprint density at radius 2 is 2.05 bits per heavy atom. The summed E-state index contributed by atoms with van der Waals surface area (Å²) in [5.74, 6) is 5.50. The molecule has 7 nitrogen and oxygen atoms in total. The van der Waals surface area contributed by atoms with Crippen molar-refractivity contribution in [2.24, 2.45) is 5.84 Å². The van der Waals surface area contributed by atoms with Gasteiger partial charge in [-0.1, -0.05) is 0 Å². The van der Waals surface area contributed by atoms with Crippen molar-refractivity contribution in [2.75, 3.05) is 18.5 Å². The van der Waals surface area contributed by atoms with Crippen molar-refractivity contribution in [2.45, 2.75) is 29.9 Å². The number of hydrogen-bond acceptors (Lipinski definition) is 6. The quantitative estimate of drug-likeness (QED) is 0.606. The largest absolute Gasteiger partial charge is 0.372 e. The van der Waals surface area contributed by atoms with E-state index in [1.165, 1.54) is 16.6 Å². The molecule has 0 spiro atoms. The van der Waals surface area contributed by atoms with Gasteiger partial charge < -0.3 is 10.2 Å². The zero-order valence-corrected chi connectivity index (χ0v) is 13.0. The molecule has 1 aromatic rings. The second kappa shape index (κ2) is 5.23. The molecule has 0 amide bonds. The van der Waals surface area contributed by atoms with Crippen LogP contribution >= 0.6 is 15.9 Å². The zero-order valence-electron chi connectivity index (χ0n) is 10.6. The number of anilines is 1. The van der Waals surface area contributed by atoms with E-state index < -0.39 is 10.0 Å². The van der Waals surface area contributed by atoms with E-state index in [1.807, 2.05) is 0 Å². The van der Waals surface area contributed by atoms with Gasteiger partial charge in [-0.05, 0) is 34.8 Å². The Hall–Kier alpha value is -0.740. The summed E-state index contributed by atoms with van der Waals surface area (Å²) in [5, 5.41) is 0. The molecule has 2 unspecified atom stereocenters. The van der Waals surface area contributed by atoms with Gasteiger partial charge in [0, 0.05) is 23.8 Å². The van der Waals surface area contributed by atoms with Crippen LogP contribution in [0.2, 0.25) is 0 Å². The maximum atomic E-state index is 12.8. The van der Waals surface area contributed by atoms with Crippen LogP contribution in [-0.4, -0.2) is 43.0 Å². The van der Waals surface area contributed by atoms with E-state index in [9.17, 15) is 8.42 Å². The molecule has 2 fully saturated rings. The van der Waals surface area contributed by atoms with Gasteiger partial charge >= 0.3 is 0 Å². The van der Waals surface area contributed by atoms with Gasteiger partial charge in [0.15, 0.2) is 5.82 Å². The van der Waals surface area contributed by atoms with E-state index in [-0.39, 0.29) is 22.9 Å². The Morgan fingerprint density at radius 1 is 1.40 bits per heavy atom. The predicted octanol–water partition coefficient (Wildman–Crippen LogP) is 0.682. The highest BCUT2D eigenvalue weighted by atomic mass is 79.9. The molecule has 1 aromatic heterocycles. The monoisotopic (exact) mass is 362 g/mol. The van der Waals surface area contributed by atoms with Crippen LogP contribution in [0.5, 0.6) is 0 Å². The fourth-order valence-corrected chi connectivity index (χ4v) is 4.76. The number of aromatic nitrogens is 1. The molecule has 0 saturated carbocycles. The molecule has 9 heteroatoms. The number of pyridine rings is 1. The third-order valence-electron chi connectivity index (χ3n) is 3.58. The van der Waals surface area contributed by atoms with Crippen molar-refractivity contribution in [3.63, 3.8) is 0 Å². The number of nitrogens with two attached hydrogens (primary N) is 1. The Morgan fingerprint density at radius 3 is 2.65 bits per heavy atom. The second-order valence-electron chi connectivity index (χ2n) is 4.92. The zero-order chi connectivity index (χ0) is 14.3. The highest BCUT2D eigenvalue weighted by Gasteiger charge is 2.40. The smallest absolute Gasteiger partial charge is 0.247 e. The first-order valence-electron chi connectivity index (χ1n) is 6.28. The number of nitrogens with one attached hydrogen (secondary N) is 1. The number of sulfonamides is 1. The van der Waals surface area contributed by atoms with Crippen molar-refractivity contribution in [3.8, 4) is 0 Å². The number of fused-ring (bicyclic) bond motifs is 2. The molecule has 3 N–H and O–H groups in total. The molecule has 2 saturated heterocycles. The Balaban J connectivity index is 1.97. The molecule has 2 aliphatic heterocycles. The van der Waals surface area contributed by atoms with E-state index in [0.717, 1.165) is 12.8 Å². The fourth-order valence-electron chi connectivity index (χ4n) is 2.64. The summed E-state index contributed by atoms with van der Waals surface area (Å²) in [6.45, 7) is 0.769. The first-order valence-corrected chi connectivity index (χ1v) is 8.52. The minimum Gasteiger partial charge on any atom is -0.372 e. The highest BCUT2D eigenvalue weighted by molar-refractivity contribution is 9.10. The molecule has 2 bridgehead atoms. The van der Waals surface area contributed by atoms with E-state index in [4.69, 9.17) is 10.6 Å². The van der Waals surface area contributed by atoms with Crippen LogP contribution in [0.15, 0.2) is 21.6 Å². The highest BCUT2D eigenvalue weighted by Crippen LogP contribution is 2.32. The molecule has 0 aromatic carbocycles. The summed E-state index contributed by atoms with van der Waals surface area (Å²) in [6, 6.07) is 1.51. The summed E-state index contributed by atoms with van der Waals surface area (Å²) in [7, 11) is -3.63. The lowest BCUT2D eigenvalue weighted by Gasteiger charge is -2.31. The second-order valence-corrected chi connectivity index (χ2v) is 7.75. The van der Waals surface area contributed by atoms with Gasteiger partial charge in [0.2, 0.25) is 10.0 Å². The van der Waals surface area contributed by atoms with Crippen molar-refractivity contribution in [1.29, 1.82) is 0 Å². The molecule has 2 atom stereocenters. The van der Waals surface area contributed by atoms with Crippen LogP contribution in [0.1, 0.15) is 12.8 Å². The van der Waals surface area contributed by atoms with Gasteiger partial charge in [-0.25, -0.2) is 19.2 Å². The van der Waals surface area contributed by atoms with Crippen LogP contribution in [0.3, 0.4) is 0 Å². The standard InChI is InChI=1S/C11H15BrN4O3S/c12-7-3-10(11(15-13)14-4-7)20(17,18)16-5-8-1-2-9(6-16)19-8/h3-4,8-9H,1-2,5-6,13H2,(H,14,15). The lowest BCUT2D eigenvalue weighted by atomic mass is 10.2. The molecule has 2 aliphatic rings. The van der Waals surface area contributed by atoms with Crippen LogP contribution in [0, 0.1) is 0 Å². The number of hydrogen-bond donors (Lipinski definition) is 2. The van der Waals surface area contributed by atoms with Crippen molar-refractivity contribution >= 4 is 31.8 Å². The van der Waals surface area contributed by atoms with Crippen LogP contribution in [0.25, 0.3) is 0 Å². The number of nitrogen functional groups attached to an aromatic ring is 1. The average Bonchev–Trinajstić information content (AvgIpc) is 2.77. The Kier molecular flexibility index (Phi) is 3.71. The van der Waals surface area contributed by atoms with Crippen molar-refractivity contribution in [1.82, 2.24) is 9.29 Å². The average molecular weight is 363 g/mol. The van der Waals surface area contributed by atoms with Crippen LogP contribution in [0.4, 0.5) is 5.82 Å². The maximum absolute atomic E-state index is 12.8. The molecule has 3 rings (SSSR count). The maximum Gasteiger partial charge on any atom is 0.247 e. The Bertz CT molecular complexity index is 612. The molecular weight excluding hydrogens is 348 g/mol. The van der Waals surface area contributed by atoms with Crippen LogP contribution < -0.4 is 11.3 Å². The van der Waals surface area contributed by atoms with Gasteiger partial charge in [0.1, 0.15) is 4.90 Å². The van der Waals surface area contributed by atoms with Crippen molar-refractivity contribution < 1.29 is 13.2 Å². The number of hydrazine groups is 1. The SMILES string of the molecule is NNc1ncc(Br)cc1S(=O)(=O)N1CC2CCC(C1)O2. The van der Waals surface area contributed by atoms with E-state index in [1.54, 1.807) is 0 Å². The molecule has 20 heavy (non-hydrogen) atoms. The van der Waals surface area contributed by atoms with Gasteiger partial charge in [-0.15, -0.1) is 0 Å². The molecule has 0 aliphatic carbocycles. The lowest BCUT2D eigenvalue weighted by molar-refractivity contribution is -0.0114. The minimum atomic E-state index is -3.63. The number of rotatable bonds is 3. The van der Waals surface area contributed by atoms with Gasteiger partial charge in [-0.2, -0.15) is 4.31 Å². The van der Waals surface area contributed by atoms with E-state index in [2.05, 4.69) is 26.3 Å². The fraction of sp³-hybridized carbons (Fsp3) is 0.545. The number of nitrogens with zero attached hydrogens (tertiary/aromatic N) is 2. The molecule has 3 heterocycles. The van der Waals surface area contributed by atoms with Crippen molar-refractivity contribution in [3.05, 3.63) is 16.7 Å². The number of halogens is 1. The number of ether oxygens (including phenoxy) is 1. The third-order valence-corrected chi connectivity index (χ3v) is 5.86. The Labute approximate surface area is 125 Å². The van der Waals surface area contributed by atoms with Gasteiger partial charge in [0.25, 0.3) is 0 Å². The topological polar surface area (TPSA) is 97.5 Å². The van der Waals surface area contributed by atoms with Gasteiger partial charge in [-0.3, -0.25) is 0 Å². The molecule has 110 valence electrons. The van der Waals surface area contributed by atoms with Crippen LogP contribution in [-0.2, 0) is 14.8 Å². The normalized spacial score (nSPS) is 26.7.